The Bertz CT molecular complexity index is 2040. The molecular formula is C34H29N7O4S. The molecule has 0 saturated carbocycles. The number of thiazole rings is 1. The van der Waals surface area contributed by atoms with Gasteiger partial charge in [0.25, 0.3) is 0 Å². The number of nitrogens with one attached hydrogen (secondary N) is 2. The van der Waals surface area contributed by atoms with Crippen LogP contribution in [0.2, 0.25) is 0 Å². The Morgan fingerprint density at radius 3 is 2.67 bits per heavy atom. The van der Waals surface area contributed by atoms with Gasteiger partial charge in [-0.1, -0.05) is 18.2 Å². The van der Waals surface area contributed by atoms with Gasteiger partial charge < -0.3 is 29.7 Å². The average molecular weight is 632 g/mol. The molecule has 1 saturated heterocycles. The fourth-order valence-corrected chi connectivity index (χ4v) is 6.39. The van der Waals surface area contributed by atoms with E-state index in [9.17, 15) is 4.79 Å². The smallest absolute Gasteiger partial charge is 0.231 e. The van der Waals surface area contributed by atoms with Gasteiger partial charge in [-0.3, -0.25) is 9.20 Å². The number of fused-ring (bicyclic) bond motifs is 2. The summed E-state index contributed by atoms with van der Waals surface area (Å²) in [7, 11) is 0. The normalized spacial score (nSPS) is 14.0. The molecule has 0 radical (unpaired) electrons. The number of aromatic nitrogens is 4. The highest BCUT2D eigenvalue weighted by Gasteiger charge is 2.20. The quantitative estimate of drug-likeness (QED) is 0.208. The van der Waals surface area contributed by atoms with E-state index in [1.807, 2.05) is 76.6 Å². The Kier molecular flexibility index (Phi) is 7.40. The summed E-state index contributed by atoms with van der Waals surface area (Å²) >= 11 is 1.55. The Morgan fingerprint density at radius 2 is 1.78 bits per heavy atom. The maximum atomic E-state index is 13.0. The summed E-state index contributed by atoms with van der Waals surface area (Å²) in [5.74, 6) is 1.70. The molecule has 12 heteroatoms. The minimum atomic E-state index is -0.133. The molecule has 0 spiro atoms. The fourth-order valence-electron chi connectivity index (χ4n) is 5.67. The summed E-state index contributed by atoms with van der Waals surface area (Å²) in [5.41, 5.74) is 6.77. The number of ether oxygens (including phenoxy) is 3. The van der Waals surface area contributed by atoms with Gasteiger partial charge in [0.15, 0.2) is 16.5 Å². The molecule has 230 valence electrons. The summed E-state index contributed by atoms with van der Waals surface area (Å²) < 4.78 is 18.3. The van der Waals surface area contributed by atoms with Crippen LogP contribution in [-0.2, 0) is 16.0 Å². The van der Waals surface area contributed by atoms with Gasteiger partial charge in [0.2, 0.25) is 18.6 Å². The van der Waals surface area contributed by atoms with Gasteiger partial charge in [0.1, 0.15) is 5.69 Å². The maximum Gasteiger partial charge on any atom is 0.231 e. The van der Waals surface area contributed by atoms with Gasteiger partial charge in [-0.05, 0) is 60.2 Å². The number of hydrogen-bond donors (Lipinski definition) is 2. The maximum absolute atomic E-state index is 13.0. The zero-order chi connectivity index (χ0) is 30.9. The van der Waals surface area contributed by atoms with E-state index in [0.717, 1.165) is 65.2 Å². The van der Waals surface area contributed by atoms with E-state index >= 15 is 0 Å². The second-order valence-corrected chi connectivity index (χ2v) is 11.8. The van der Waals surface area contributed by atoms with Crippen LogP contribution < -0.4 is 25.0 Å². The van der Waals surface area contributed by atoms with Gasteiger partial charge in [-0.15, -0.1) is 11.3 Å². The van der Waals surface area contributed by atoms with Crippen LogP contribution in [0.4, 0.5) is 23.0 Å². The van der Waals surface area contributed by atoms with E-state index in [0.29, 0.717) is 23.1 Å². The lowest BCUT2D eigenvalue weighted by atomic mass is 10.1. The Morgan fingerprint density at radius 1 is 0.913 bits per heavy atom. The average Bonchev–Trinajstić information content (AvgIpc) is 3.82. The Labute approximate surface area is 268 Å². The fraction of sp³-hybridized carbons (Fsp3) is 0.176. The van der Waals surface area contributed by atoms with Crippen LogP contribution in [0.1, 0.15) is 5.56 Å². The molecule has 2 aliphatic heterocycles. The van der Waals surface area contributed by atoms with Crippen LogP contribution in [0.5, 0.6) is 11.5 Å². The number of carbonyl (C=O) groups is 1. The molecule has 8 rings (SSSR count). The highest BCUT2D eigenvalue weighted by Crippen LogP contribution is 2.35. The number of amides is 1. The number of benzene rings is 3. The van der Waals surface area contributed by atoms with Crippen molar-refractivity contribution in [2.24, 2.45) is 0 Å². The van der Waals surface area contributed by atoms with Crippen molar-refractivity contribution >= 4 is 45.2 Å². The van der Waals surface area contributed by atoms with Crippen molar-refractivity contribution < 1.29 is 19.0 Å². The van der Waals surface area contributed by atoms with Crippen LogP contribution >= 0.6 is 11.3 Å². The van der Waals surface area contributed by atoms with Crippen LogP contribution in [0, 0.1) is 0 Å². The molecule has 0 atom stereocenters. The highest BCUT2D eigenvalue weighted by atomic mass is 32.1. The first-order chi connectivity index (χ1) is 22.7. The van der Waals surface area contributed by atoms with Crippen molar-refractivity contribution in [1.82, 2.24) is 19.4 Å². The second-order valence-electron chi connectivity index (χ2n) is 10.9. The number of anilines is 4. The first-order valence-corrected chi connectivity index (χ1v) is 15.8. The summed E-state index contributed by atoms with van der Waals surface area (Å²) in [6, 6.07) is 23.4. The van der Waals surface area contributed by atoms with Gasteiger partial charge in [-0.25, -0.2) is 15.0 Å². The number of nitrogens with zero attached hydrogens (tertiary/aromatic N) is 5. The van der Waals surface area contributed by atoms with E-state index < -0.39 is 0 Å². The Balaban J connectivity index is 1.03. The Hall–Kier alpha value is -5.46. The topological polar surface area (TPSA) is 115 Å². The number of hydrogen-bond acceptors (Lipinski definition) is 10. The zero-order valence-electron chi connectivity index (χ0n) is 24.7. The molecule has 0 unspecified atom stereocenters. The number of imidazole rings is 1. The lowest BCUT2D eigenvalue weighted by Gasteiger charge is -2.28. The first-order valence-electron chi connectivity index (χ1n) is 14.9. The molecule has 1 amide bonds. The van der Waals surface area contributed by atoms with Crippen LogP contribution in [0.3, 0.4) is 0 Å². The molecule has 46 heavy (non-hydrogen) atoms. The lowest BCUT2D eigenvalue weighted by Crippen LogP contribution is -2.36. The predicted octanol–water partition coefficient (Wildman–Crippen LogP) is 6.01. The third-order valence-electron chi connectivity index (χ3n) is 7.88. The second kappa shape index (κ2) is 12.1. The van der Waals surface area contributed by atoms with Crippen LogP contribution in [0.25, 0.3) is 27.6 Å². The molecule has 3 aromatic carbocycles. The van der Waals surface area contributed by atoms with E-state index in [4.69, 9.17) is 24.2 Å². The van der Waals surface area contributed by atoms with Crippen molar-refractivity contribution in [3.05, 3.63) is 96.1 Å². The molecule has 3 aromatic heterocycles. The third-order valence-corrected chi connectivity index (χ3v) is 8.64. The molecule has 0 bridgehead atoms. The number of carbonyl (C=O) groups excluding carboxylic acids is 1. The third kappa shape index (κ3) is 5.71. The zero-order valence-corrected chi connectivity index (χ0v) is 25.5. The molecule has 6 aromatic rings. The number of morpholine rings is 1. The van der Waals surface area contributed by atoms with Crippen molar-refractivity contribution in [1.29, 1.82) is 0 Å². The minimum Gasteiger partial charge on any atom is -0.454 e. The standard InChI is InChI=1S/C34H29N7O4S/c42-30(19-22-4-9-28-29(18-22)45-21-44-28)36-25-3-1-2-23(20-25)31-32(41-14-17-46-34(41)39-31)27-10-11-35-33(38-27)37-24-5-7-26(8-6-24)40-12-15-43-16-13-40/h1-11,14,17-18,20H,12-13,15-16,19,21H2,(H,36,42)(H,35,37,38). The minimum absolute atomic E-state index is 0.133. The van der Waals surface area contributed by atoms with Crippen molar-refractivity contribution in [3.63, 3.8) is 0 Å². The molecule has 2 N–H and O–H groups in total. The lowest BCUT2D eigenvalue weighted by molar-refractivity contribution is -0.115. The van der Waals surface area contributed by atoms with E-state index in [1.165, 1.54) is 5.69 Å². The van der Waals surface area contributed by atoms with Gasteiger partial charge >= 0.3 is 0 Å². The molecule has 0 aliphatic carbocycles. The van der Waals surface area contributed by atoms with Crippen LogP contribution in [-0.4, -0.2) is 58.4 Å². The van der Waals surface area contributed by atoms with Crippen molar-refractivity contribution in [3.8, 4) is 34.1 Å². The SMILES string of the molecule is O=C(Cc1ccc2c(c1)OCO2)Nc1cccc(-c2nc3sccn3c2-c2ccnc(Nc3ccc(N4CCOCC4)cc3)n2)c1. The first kappa shape index (κ1) is 28.0. The predicted molar refractivity (Wildman–Crippen MR) is 177 cm³/mol. The van der Waals surface area contributed by atoms with E-state index in [2.05, 4.69) is 32.7 Å². The number of rotatable bonds is 8. The summed E-state index contributed by atoms with van der Waals surface area (Å²) in [4.78, 5) is 30.5. The highest BCUT2D eigenvalue weighted by molar-refractivity contribution is 7.15. The van der Waals surface area contributed by atoms with E-state index in [-0.39, 0.29) is 19.1 Å². The summed E-state index contributed by atoms with van der Waals surface area (Å²) in [6.07, 6.45) is 3.94. The summed E-state index contributed by atoms with van der Waals surface area (Å²) in [6.45, 7) is 3.46. The molecular weight excluding hydrogens is 602 g/mol. The van der Waals surface area contributed by atoms with Crippen molar-refractivity contribution in [2.45, 2.75) is 6.42 Å². The molecule has 1 fully saturated rings. The van der Waals surface area contributed by atoms with Gasteiger partial charge in [-0.2, -0.15) is 0 Å². The summed E-state index contributed by atoms with van der Waals surface area (Å²) in [5, 5.41) is 8.37. The molecule has 5 heterocycles. The monoisotopic (exact) mass is 631 g/mol. The van der Waals surface area contributed by atoms with Gasteiger partial charge in [0.05, 0.1) is 31.0 Å². The van der Waals surface area contributed by atoms with Crippen molar-refractivity contribution in [2.75, 3.05) is 48.6 Å². The van der Waals surface area contributed by atoms with Crippen LogP contribution in [0.15, 0.2) is 90.6 Å². The largest absolute Gasteiger partial charge is 0.454 e. The molecule has 11 nitrogen and oxygen atoms in total. The van der Waals surface area contributed by atoms with E-state index in [1.54, 1.807) is 17.5 Å². The molecule has 2 aliphatic rings. The van der Waals surface area contributed by atoms with Gasteiger partial charge in [0, 0.05) is 53.5 Å².